The number of aromatic carboxylic acids is 1. The van der Waals surface area contributed by atoms with Gasteiger partial charge in [-0.05, 0) is 6.07 Å². The third-order valence-corrected chi connectivity index (χ3v) is 2.18. The molecule has 0 amide bonds. The lowest BCUT2D eigenvalue weighted by Gasteiger charge is -2.11. The number of hydrogen-bond acceptors (Lipinski definition) is 3. The molecule has 1 N–H and O–H groups in total. The Morgan fingerprint density at radius 3 is 2.87 bits per heavy atom. The normalized spacial score (nSPS) is 10.5. The maximum atomic E-state index is 10.7. The smallest absolute Gasteiger partial charge is 0.356 e. The van der Waals surface area contributed by atoms with Crippen molar-refractivity contribution in [2.45, 2.75) is 0 Å². The molecule has 0 spiro atoms. The van der Waals surface area contributed by atoms with Crippen molar-refractivity contribution in [3.8, 4) is 0 Å². The van der Waals surface area contributed by atoms with Crippen LogP contribution in [-0.4, -0.2) is 34.6 Å². The number of aromatic nitrogens is 2. The first kappa shape index (κ1) is 9.51. The van der Waals surface area contributed by atoms with Crippen LogP contribution in [-0.2, 0) is 0 Å². The molecule has 2 heterocycles. The number of imidazole rings is 1. The van der Waals surface area contributed by atoms with E-state index in [-0.39, 0.29) is 5.69 Å². The summed E-state index contributed by atoms with van der Waals surface area (Å²) in [4.78, 5) is 16.6. The third-order valence-electron chi connectivity index (χ3n) is 2.18. The lowest BCUT2D eigenvalue weighted by atomic mass is 10.4. The molecular weight excluding hydrogens is 194 g/mol. The first-order chi connectivity index (χ1) is 7.08. The topological polar surface area (TPSA) is 57.8 Å². The molecule has 0 unspecified atom stereocenters. The van der Waals surface area contributed by atoms with Gasteiger partial charge >= 0.3 is 5.97 Å². The highest BCUT2D eigenvalue weighted by molar-refractivity contribution is 5.86. The summed E-state index contributed by atoms with van der Waals surface area (Å²) >= 11 is 0. The molecule has 0 saturated heterocycles. The summed E-state index contributed by atoms with van der Waals surface area (Å²) < 4.78 is 1.69. The second-order valence-electron chi connectivity index (χ2n) is 3.48. The van der Waals surface area contributed by atoms with E-state index in [2.05, 4.69) is 4.98 Å². The van der Waals surface area contributed by atoms with Crippen LogP contribution in [0, 0.1) is 0 Å². The maximum absolute atomic E-state index is 10.7. The first-order valence-corrected chi connectivity index (χ1v) is 4.47. The fourth-order valence-electron chi connectivity index (χ4n) is 1.35. The number of nitrogens with zero attached hydrogens (tertiary/aromatic N) is 3. The van der Waals surface area contributed by atoms with Gasteiger partial charge in [-0.1, -0.05) is 0 Å². The van der Waals surface area contributed by atoms with Crippen LogP contribution >= 0.6 is 0 Å². The number of rotatable bonds is 2. The van der Waals surface area contributed by atoms with E-state index in [1.807, 2.05) is 31.1 Å². The largest absolute Gasteiger partial charge is 0.476 e. The molecule has 5 nitrogen and oxygen atoms in total. The highest BCUT2D eigenvalue weighted by atomic mass is 16.4. The monoisotopic (exact) mass is 205 g/mol. The highest BCUT2D eigenvalue weighted by Gasteiger charge is 2.08. The summed E-state index contributed by atoms with van der Waals surface area (Å²) in [6, 6.07) is 3.74. The van der Waals surface area contributed by atoms with Gasteiger partial charge in [-0.3, -0.25) is 0 Å². The Hall–Kier alpha value is -2.04. The molecule has 2 rings (SSSR count). The molecular formula is C10H11N3O2. The minimum Gasteiger partial charge on any atom is -0.476 e. The van der Waals surface area contributed by atoms with Crippen molar-refractivity contribution in [1.29, 1.82) is 0 Å². The molecule has 0 radical (unpaired) electrons. The zero-order chi connectivity index (χ0) is 11.0. The van der Waals surface area contributed by atoms with Gasteiger partial charge in [0, 0.05) is 38.2 Å². The van der Waals surface area contributed by atoms with Crippen molar-refractivity contribution in [1.82, 2.24) is 9.38 Å². The first-order valence-electron chi connectivity index (χ1n) is 4.47. The zero-order valence-electron chi connectivity index (χ0n) is 8.51. The number of anilines is 1. The Bertz CT molecular complexity index is 516. The number of carbonyl (C=O) groups is 1. The molecule has 0 aliphatic heterocycles. The molecule has 0 aliphatic carbocycles. The lowest BCUT2D eigenvalue weighted by molar-refractivity contribution is 0.0691. The van der Waals surface area contributed by atoms with Gasteiger partial charge in [0.15, 0.2) is 5.69 Å². The summed E-state index contributed by atoms with van der Waals surface area (Å²) in [7, 11) is 3.85. The zero-order valence-corrected chi connectivity index (χ0v) is 8.51. The fraction of sp³-hybridized carbons (Fsp3) is 0.200. The van der Waals surface area contributed by atoms with Gasteiger partial charge in [0.2, 0.25) is 0 Å². The lowest BCUT2D eigenvalue weighted by Crippen LogP contribution is -2.08. The molecule has 2 aromatic heterocycles. The van der Waals surface area contributed by atoms with E-state index in [9.17, 15) is 4.79 Å². The van der Waals surface area contributed by atoms with Crippen LogP contribution in [0.5, 0.6) is 0 Å². The fourth-order valence-corrected chi connectivity index (χ4v) is 1.35. The van der Waals surface area contributed by atoms with Gasteiger partial charge in [0.05, 0.1) is 0 Å². The van der Waals surface area contributed by atoms with Gasteiger partial charge in [0.1, 0.15) is 5.65 Å². The van der Waals surface area contributed by atoms with E-state index in [0.29, 0.717) is 5.65 Å². The van der Waals surface area contributed by atoms with Crippen LogP contribution in [0.3, 0.4) is 0 Å². The summed E-state index contributed by atoms with van der Waals surface area (Å²) in [6.07, 6.45) is 3.29. The Morgan fingerprint density at radius 1 is 1.53 bits per heavy atom. The Labute approximate surface area is 86.6 Å². The Balaban J connectivity index is 2.57. The van der Waals surface area contributed by atoms with Crippen LogP contribution in [0.15, 0.2) is 24.5 Å². The van der Waals surface area contributed by atoms with Crippen LogP contribution < -0.4 is 4.90 Å². The van der Waals surface area contributed by atoms with Gasteiger partial charge in [0.25, 0.3) is 0 Å². The SMILES string of the molecule is CN(C)c1ccn2cc(C(=O)O)nc2c1. The standard InChI is InChI=1S/C10H11N3O2/c1-12(2)7-3-4-13-6-8(10(14)15)11-9(13)5-7/h3-6H,1-2H3,(H,14,15). The molecule has 15 heavy (non-hydrogen) atoms. The van der Waals surface area contributed by atoms with Crippen LogP contribution in [0.2, 0.25) is 0 Å². The maximum Gasteiger partial charge on any atom is 0.356 e. The molecule has 0 atom stereocenters. The van der Waals surface area contributed by atoms with E-state index in [1.54, 1.807) is 10.6 Å². The second kappa shape index (κ2) is 3.27. The van der Waals surface area contributed by atoms with Crippen LogP contribution in [0.25, 0.3) is 5.65 Å². The third kappa shape index (κ3) is 1.63. The van der Waals surface area contributed by atoms with E-state index in [0.717, 1.165) is 5.69 Å². The second-order valence-corrected chi connectivity index (χ2v) is 3.48. The van der Waals surface area contributed by atoms with Crippen molar-refractivity contribution in [3.63, 3.8) is 0 Å². The van der Waals surface area contributed by atoms with Crippen molar-refractivity contribution in [2.24, 2.45) is 0 Å². The van der Waals surface area contributed by atoms with Gasteiger partial charge in [-0.15, -0.1) is 0 Å². The Morgan fingerprint density at radius 2 is 2.27 bits per heavy atom. The van der Waals surface area contributed by atoms with Crippen molar-refractivity contribution in [2.75, 3.05) is 19.0 Å². The summed E-state index contributed by atoms with van der Waals surface area (Å²) in [5.41, 5.74) is 1.69. The number of fused-ring (bicyclic) bond motifs is 1. The summed E-state index contributed by atoms with van der Waals surface area (Å²) in [5, 5.41) is 8.78. The molecule has 0 fully saturated rings. The van der Waals surface area contributed by atoms with E-state index < -0.39 is 5.97 Å². The van der Waals surface area contributed by atoms with Crippen molar-refractivity contribution < 1.29 is 9.90 Å². The molecule has 0 bridgehead atoms. The Kier molecular flexibility index (Phi) is 2.07. The molecule has 0 saturated carbocycles. The average Bonchev–Trinajstić information content (AvgIpc) is 2.59. The summed E-state index contributed by atoms with van der Waals surface area (Å²) in [5.74, 6) is -1.01. The van der Waals surface area contributed by atoms with E-state index in [4.69, 9.17) is 5.11 Å². The number of carboxylic acid groups (broad SMARTS) is 1. The van der Waals surface area contributed by atoms with Gasteiger partial charge in [-0.2, -0.15) is 0 Å². The van der Waals surface area contributed by atoms with Crippen LogP contribution in [0.4, 0.5) is 5.69 Å². The number of pyridine rings is 1. The minimum atomic E-state index is -1.01. The molecule has 5 heteroatoms. The molecule has 2 aromatic rings. The number of carboxylic acids is 1. The van der Waals surface area contributed by atoms with Gasteiger partial charge in [-0.25, -0.2) is 9.78 Å². The predicted molar refractivity (Wildman–Crippen MR) is 56.5 cm³/mol. The molecule has 0 aliphatic rings. The predicted octanol–water partition coefficient (Wildman–Crippen LogP) is 1.10. The number of hydrogen-bond donors (Lipinski definition) is 1. The average molecular weight is 205 g/mol. The van der Waals surface area contributed by atoms with Gasteiger partial charge < -0.3 is 14.4 Å². The minimum absolute atomic E-state index is 0.0610. The van der Waals surface area contributed by atoms with E-state index >= 15 is 0 Å². The molecule has 78 valence electrons. The quantitative estimate of drug-likeness (QED) is 0.797. The molecule has 0 aromatic carbocycles. The van der Waals surface area contributed by atoms with Crippen molar-refractivity contribution >= 4 is 17.3 Å². The van der Waals surface area contributed by atoms with Crippen LogP contribution in [0.1, 0.15) is 10.5 Å². The van der Waals surface area contributed by atoms with Crippen molar-refractivity contribution in [3.05, 3.63) is 30.2 Å². The summed E-state index contributed by atoms with van der Waals surface area (Å²) in [6.45, 7) is 0. The highest BCUT2D eigenvalue weighted by Crippen LogP contribution is 2.14. The van der Waals surface area contributed by atoms with E-state index in [1.165, 1.54) is 6.20 Å².